The van der Waals surface area contributed by atoms with E-state index in [2.05, 4.69) is 15.4 Å². The van der Waals surface area contributed by atoms with Crippen molar-refractivity contribution in [1.82, 2.24) is 20.0 Å². The van der Waals surface area contributed by atoms with Crippen LogP contribution in [0.3, 0.4) is 0 Å². The normalized spacial score (nSPS) is 10.8. The van der Waals surface area contributed by atoms with Gasteiger partial charge in [-0.05, 0) is 0 Å². The van der Waals surface area contributed by atoms with Gasteiger partial charge >= 0.3 is 5.97 Å². The summed E-state index contributed by atoms with van der Waals surface area (Å²) >= 11 is 0.969. The first-order valence-corrected chi connectivity index (χ1v) is 6.10. The fourth-order valence-corrected chi connectivity index (χ4v) is 1.88. The van der Waals surface area contributed by atoms with Crippen LogP contribution in [-0.4, -0.2) is 44.0 Å². The zero-order valence-corrected chi connectivity index (χ0v) is 10.8. The molecule has 0 saturated carbocycles. The quantitative estimate of drug-likeness (QED) is 0.555. The molecule has 10 heteroatoms. The van der Waals surface area contributed by atoms with Gasteiger partial charge in [0.15, 0.2) is 11.5 Å². The van der Waals surface area contributed by atoms with E-state index in [0.29, 0.717) is 17.3 Å². The second kappa shape index (κ2) is 5.71. The van der Waals surface area contributed by atoms with Gasteiger partial charge in [0.1, 0.15) is 6.61 Å². The molecule has 0 aromatic carbocycles. The summed E-state index contributed by atoms with van der Waals surface area (Å²) in [5.41, 5.74) is 0.407. The highest BCUT2D eigenvalue weighted by Gasteiger charge is 2.16. The lowest BCUT2D eigenvalue weighted by molar-refractivity contribution is -0.133. The molecule has 0 radical (unpaired) electrons. The Kier molecular flexibility index (Phi) is 4.02. The third-order valence-corrected chi connectivity index (χ3v) is 2.99. The largest absolute Gasteiger partial charge is 0.481 e. The van der Waals surface area contributed by atoms with Crippen molar-refractivity contribution in [2.75, 3.05) is 18.7 Å². The second-order valence-electron chi connectivity index (χ2n) is 3.47. The molecule has 19 heavy (non-hydrogen) atoms. The number of nitrogen functional groups attached to an aromatic ring is 1. The predicted octanol–water partition coefficient (Wildman–Crippen LogP) is -0.0300. The second-order valence-corrected chi connectivity index (χ2v) is 4.41. The average Bonchev–Trinajstić information content (AvgIpc) is 2.94. The molecule has 0 saturated heterocycles. The number of thioether (sulfide) groups is 1. The monoisotopic (exact) mass is 285 g/mol. The molecule has 0 bridgehead atoms. The number of nitrogens with two attached hydrogens (primary N) is 1. The topological polar surface area (TPSA) is 129 Å². The third-order valence-electron chi connectivity index (χ3n) is 2.06. The Morgan fingerprint density at radius 3 is 3.11 bits per heavy atom. The number of rotatable bonds is 6. The Bertz CT molecular complexity index is 581. The Morgan fingerprint density at radius 2 is 2.42 bits per heavy atom. The highest BCUT2D eigenvalue weighted by atomic mass is 32.2. The maximum atomic E-state index is 10.5. The standard InChI is InChI=1S/C9H11N5O4S/c1-17-3-5-2-6(13-18-5)8-11-12-9(14(8)10)19-4-7(15)16/h2H,3-4,10H2,1H3,(H,15,16). The Morgan fingerprint density at radius 1 is 1.63 bits per heavy atom. The average molecular weight is 285 g/mol. The number of carbonyl (C=O) groups is 1. The van der Waals surface area contributed by atoms with Crippen molar-refractivity contribution >= 4 is 17.7 Å². The molecule has 2 aromatic heterocycles. The van der Waals surface area contributed by atoms with Gasteiger partial charge in [-0.15, -0.1) is 10.2 Å². The molecule has 0 spiro atoms. The van der Waals surface area contributed by atoms with Gasteiger partial charge in [0.2, 0.25) is 11.0 Å². The summed E-state index contributed by atoms with van der Waals surface area (Å²) in [6.07, 6.45) is 0. The van der Waals surface area contributed by atoms with Crippen LogP contribution in [0.4, 0.5) is 0 Å². The summed E-state index contributed by atoms with van der Waals surface area (Å²) in [5.74, 6) is 5.48. The molecule has 0 unspecified atom stereocenters. The van der Waals surface area contributed by atoms with Crippen LogP contribution in [0.15, 0.2) is 15.7 Å². The molecule has 0 aliphatic heterocycles. The number of hydrogen-bond donors (Lipinski definition) is 2. The fraction of sp³-hybridized carbons (Fsp3) is 0.333. The van der Waals surface area contributed by atoms with Crippen LogP contribution < -0.4 is 5.84 Å². The van der Waals surface area contributed by atoms with Crippen molar-refractivity contribution < 1.29 is 19.2 Å². The van der Waals surface area contributed by atoms with Gasteiger partial charge in [0.25, 0.3) is 0 Å². The maximum Gasteiger partial charge on any atom is 0.313 e. The molecule has 0 fully saturated rings. The van der Waals surface area contributed by atoms with E-state index in [1.54, 1.807) is 6.07 Å². The van der Waals surface area contributed by atoms with Gasteiger partial charge in [-0.3, -0.25) is 4.79 Å². The summed E-state index contributed by atoms with van der Waals surface area (Å²) in [4.78, 5) is 10.5. The number of carboxylic acids is 1. The van der Waals surface area contributed by atoms with Gasteiger partial charge in [-0.2, -0.15) is 0 Å². The van der Waals surface area contributed by atoms with Crippen molar-refractivity contribution in [2.24, 2.45) is 0 Å². The van der Waals surface area contributed by atoms with Gasteiger partial charge < -0.3 is 20.2 Å². The van der Waals surface area contributed by atoms with E-state index in [0.717, 1.165) is 11.8 Å². The SMILES string of the molecule is COCc1cc(-c2nnc(SCC(=O)O)n2N)no1. The fourth-order valence-electron chi connectivity index (χ4n) is 1.31. The summed E-state index contributed by atoms with van der Waals surface area (Å²) in [6, 6.07) is 1.63. The lowest BCUT2D eigenvalue weighted by Crippen LogP contribution is -2.12. The highest BCUT2D eigenvalue weighted by molar-refractivity contribution is 7.99. The van der Waals surface area contributed by atoms with E-state index in [1.165, 1.54) is 11.8 Å². The molecule has 2 aromatic rings. The van der Waals surface area contributed by atoms with E-state index in [-0.39, 0.29) is 17.5 Å². The number of carboxylic acid groups (broad SMARTS) is 1. The van der Waals surface area contributed by atoms with Gasteiger partial charge in [0.05, 0.1) is 5.75 Å². The molecular weight excluding hydrogens is 274 g/mol. The number of ether oxygens (including phenoxy) is 1. The molecule has 9 nitrogen and oxygen atoms in total. The summed E-state index contributed by atoms with van der Waals surface area (Å²) in [6.45, 7) is 0.284. The lowest BCUT2D eigenvalue weighted by Gasteiger charge is -1.99. The first-order chi connectivity index (χ1) is 9.11. The summed E-state index contributed by atoms with van der Waals surface area (Å²) in [7, 11) is 1.54. The molecule has 0 amide bonds. The van der Waals surface area contributed by atoms with E-state index < -0.39 is 5.97 Å². The molecule has 102 valence electrons. The molecule has 2 heterocycles. The van der Waals surface area contributed by atoms with Gasteiger partial charge in [0, 0.05) is 13.2 Å². The first-order valence-electron chi connectivity index (χ1n) is 5.11. The van der Waals surface area contributed by atoms with Crippen molar-refractivity contribution in [2.45, 2.75) is 11.8 Å². The predicted molar refractivity (Wildman–Crippen MR) is 64.7 cm³/mol. The number of aromatic nitrogens is 4. The Hall–Kier alpha value is -2.07. The minimum atomic E-state index is -0.960. The number of aliphatic carboxylic acids is 1. The molecule has 0 aliphatic carbocycles. The molecule has 0 aliphatic rings. The van der Waals surface area contributed by atoms with Crippen LogP contribution in [0.2, 0.25) is 0 Å². The van der Waals surface area contributed by atoms with Gasteiger partial charge in [-0.25, -0.2) is 4.68 Å². The maximum absolute atomic E-state index is 10.5. The van der Waals surface area contributed by atoms with E-state index in [1.807, 2.05) is 0 Å². The smallest absolute Gasteiger partial charge is 0.313 e. The van der Waals surface area contributed by atoms with Crippen molar-refractivity contribution in [3.63, 3.8) is 0 Å². The molecule has 2 rings (SSSR count). The Balaban J connectivity index is 2.18. The van der Waals surface area contributed by atoms with E-state index in [4.69, 9.17) is 20.2 Å². The molecule has 0 atom stereocenters. The zero-order valence-electron chi connectivity index (χ0n) is 9.94. The van der Waals surface area contributed by atoms with Crippen LogP contribution in [0.1, 0.15) is 5.76 Å². The summed E-state index contributed by atoms with van der Waals surface area (Å²) in [5, 5.41) is 20.3. The van der Waals surface area contributed by atoms with Crippen LogP contribution in [-0.2, 0) is 16.1 Å². The van der Waals surface area contributed by atoms with Crippen molar-refractivity contribution in [3.8, 4) is 11.5 Å². The lowest BCUT2D eigenvalue weighted by atomic mass is 10.3. The van der Waals surface area contributed by atoms with E-state index in [9.17, 15) is 4.79 Å². The molecule has 3 N–H and O–H groups in total. The highest BCUT2D eigenvalue weighted by Crippen LogP contribution is 2.21. The summed E-state index contributed by atoms with van der Waals surface area (Å²) < 4.78 is 11.1. The first kappa shape index (κ1) is 13.4. The van der Waals surface area contributed by atoms with Crippen LogP contribution >= 0.6 is 11.8 Å². The zero-order chi connectivity index (χ0) is 13.8. The van der Waals surface area contributed by atoms with Crippen LogP contribution in [0.5, 0.6) is 0 Å². The molecular formula is C9H11N5O4S. The van der Waals surface area contributed by atoms with Crippen LogP contribution in [0, 0.1) is 0 Å². The van der Waals surface area contributed by atoms with E-state index >= 15 is 0 Å². The van der Waals surface area contributed by atoms with Crippen LogP contribution in [0.25, 0.3) is 11.5 Å². The van der Waals surface area contributed by atoms with Gasteiger partial charge in [-0.1, -0.05) is 16.9 Å². The third kappa shape index (κ3) is 3.03. The Labute approximate surface area is 111 Å². The van der Waals surface area contributed by atoms with Crippen molar-refractivity contribution in [3.05, 3.63) is 11.8 Å². The number of nitrogens with zero attached hydrogens (tertiary/aromatic N) is 4. The minimum absolute atomic E-state index is 0.150. The number of methoxy groups -OCH3 is 1. The number of hydrogen-bond acceptors (Lipinski definition) is 8. The minimum Gasteiger partial charge on any atom is -0.481 e. The van der Waals surface area contributed by atoms with Crippen molar-refractivity contribution in [1.29, 1.82) is 0 Å².